The lowest BCUT2D eigenvalue weighted by atomic mass is 9.96. The molecule has 1 amide bonds. The Morgan fingerprint density at radius 2 is 1.77 bits per heavy atom. The minimum Gasteiger partial charge on any atom is -0.494 e. The maximum absolute atomic E-state index is 12.6. The van der Waals surface area contributed by atoms with Crippen molar-refractivity contribution in [2.45, 2.75) is 63.3 Å². The molecule has 0 unspecified atom stereocenters. The van der Waals surface area contributed by atoms with Crippen LogP contribution in [0, 0.1) is 5.92 Å². The van der Waals surface area contributed by atoms with Crippen molar-refractivity contribution in [1.29, 1.82) is 0 Å². The predicted molar refractivity (Wildman–Crippen MR) is 123 cm³/mol. The van der Waals surface area contributed by atoms with Crippen molar-refractivity contribution in [2.24, 2.45) is 5.92 Å². The molecule has 1 aliphatic rings. The predicted octanol–water partition coefficient (Wildman–Crippen LogP) is 4.97. The topological polar surface area (TPSA) is 84.5 Å². The van der Waals surface area contributed by atoms with E-state index in [0.29, 0.717) is 29.5 Å². The van der Waals surface area contributed by atoms with Crippen LogP contribution in [0.5, 0.6) is 5.75 Å². The van der Waals surface area contributed by atoms with E-state index in [1.165, 1.54) is 18.6 Å². The number of amides is 1. The van der Waals surface area contributed by atoms with Crippen molar-refractivity contribution in [3.05, 3.63) is 54.1 Å². The molecule has 0 aliphatic heterocycles. The average Bonchev–Trinajstić information content (AvgIpc) is 2.74. The van der Waals surface area contributed by atoms with Crippen LogP contribution in [0.15, 0.2) is 53.4 Å². The maximum Gasteiger partial charge on any atom is 0.255 e. The van der Waals surface area contributed by atoms with Crippen LogP contribution < -0.4 is 14.8 Å². The number of hydrogen-bond acceptors (Lipinski definition) is 4. The van der Waals surface area contributed by atoms with Gasteiger partial charge in [-0.1, -0.05) is 39.2 Å². The summed E-state index contributed by atoms with van der Waals surface area (Å²) in [6.07, 6.45) is 5.99. The largest absolute Gasteiger partial charge is 0.494 e. The molecule has 2 N–H and O–H groups in total. The first-order valence-electron chi connectivity index (χ1n) is 11.0. The summed E-state index contributed by atoms with van der Waals surface area (Å²) in [6.45, 7) is 4.87. The molecule has 1 aliphatic carbocycles. The van der Waals surface area contributed by atoms with Gasteiger partial charge in [-0.3, -0.25) is 4.79 Å². The van der Waals surface area contributed by atoms with Gasteiger partial charge < -0.3 is 10.1 Å². The smallest absolute Gasteiger partial charge is 0.255 e. The van der Waals surface area contributed by atoms with E-state index in [0.717, 1.165) is 32.1 Å². The van der Waals surface area contributed by atoms with Crippen LogP contribution in [0.4, 0.5) is 5.69 Å². The lowest BCUT2D eigenvalue weighted by molar-refractivity contribution is 0.102. The lowest BCUT2D eigenvalue weighted by Gasteiger charge is -2.22. The van der Waals surface area contributed by atoms with Crippen LogP contribution in [0.2, 0.25) is 0 Å². The number of ether oxygens (including phenoxy) is 1. The molecule has 0 aromatic heterocycles. The normalized spacial score (nSPS) is 15.1. The van der Waals surface area contributed by atoms with Gasteiger partial charge in [0, 0.05) is 17.3 Å². The fourth-order valence-electron chi connectivity index (χ4n) is 3.57. The Bertz CT molecular complexity index is 965. The number of nitrogens with one attached hydrogen (secondary N) is 2. The Morgan fingerprint density at radius 3 is 2.45 bits per heavy atom. The van der Waals surface area contributed by atoms with Crippen LogP contribution in [-0.4, -0.2) is 27.0 Å². The van der Waals surface area contributed by atoms with Crippen LogP contribution >= 0.6 is 0 Å². The number of rotatable bonds is 9. The van der Waals surface area contributed by atoms with Gasteiger partial charge in [-0.15, -0.1) is 0 Å². The Labute approximate surface area is 185 Å². The first-order chi connectivity index (χ1) is 14.8. The fraction of sp³-hybridized carbons (Fsp3) is 0.458. The summed E-state index contributed by atoms with van der Waals surface area (Å²) in [5.41, 5.74) is 1.02. The second kappa shape index (κ2) is 10.8. The van der Waals surface area contributed by atoms with Crippen molar-refractivity contribution >= 4 is 21.6 Å². The van der Waals surface area contributed by atoms with Crippen molar-refractivity contribution in [3.63, 3.8) is 0 Å². The third-order valence-corrected chi connectivity index (χ3v) is 6.95. The molecular weight excluding hydrogens is 412 g/mol. The van der Waals surface area contributed by atoms with Crippen LogP contribution in [-0.2, 0) is 10.0 Å². The van der Waals surface area contributed by atoms with Gasteiger partial charge in [-0.05, 0) is 67.6 Å². The van der Waals surface area contributed by atoms with E-state index in [9.17, 15) is 13.2 Å². The highest BCUT2D eigenvalue weighted by Crippen LogP contribution is 2.21. The fourth-order valence-corrected chi connectivity index (χ4v) is 4.87. The molecule has 1 fully saturated rings. The van der Waals surface area contributed by atoms with Crippen molar-refractivity contribution < 1.29 is 17.9 Å². The van der Waals surface area contributed by atoms with Crippen molar-refractivity contribution in [1.82, 2.24) is 4.72 Å². The summed E-state index contributed by atoms with van der Waals surface area (Å²) < 4.78 is 33.7. The number of anilines is 1. The highest BCUT2D eigenvalue weighted by Gasteiger charge is 2.21. The zero-order chi connectivity index (χ0) is 22.3. The Hall–Kier alpha value is -2.38. The molecule has 7 heteroatoms. The van der Waals surface area contributed by atoms with E-state index in [4.69, 9.17) is 4.74 Å². The molecular formula is C24H32N2O4S. The van der Waals surface area contributed by atoms with E-state index >= 15 is 0 Å². The van der Waals surface area contributed by atoms with Gasteiger partial charge in [0.05, 0.1) is 11.5 Å². The number of sulfonamides is 1. The van der Waals surface area contributed by atoms with Crippen molar-refractivity contribution in [3.8, 4) is 5.75 Å². The quantitative estimate of drug-likeness (QED) is 0.572. The SMILES string of the molecule is CC(C)CCOc1cccc(C(=O)Nc2ccc(S(=O)(=O)NC3CCCCC3)cc2)c1. The van der Waals surface area contributed by atoms with Crippen LogP contribution in [0.3, 0.4) is 0 Å². The summed E-state index contributed by atoms with van der Waals surface area (Å²) in [5, 5.41) is 2.81. The molecule has 168 valence electrons. The Balaban J connectivity index is 1.59. The molecule has 0 heterocycles. The number of hydrogen-bond donors (Lipinski definition) is 2. The molecule has 2 aromatic carbocycles. The highest BCUT2D eigenvalue weighted by atomic mass is 32.2. The molecule has 0 atom stereocenters. The minimum atomic E-state index is -3.56. The van der Waals surface area contributed by atoms with E-state index in [1.54, 1.807) is 30.3 Å². The molecule has 1 saturated carbocycles. The first kappa shape index (κ1) is 23.3. The standard InChI is InChI=1S/C24H32N2O4S/c1-18(2)15-16-30-22-10-6-7-19(17-22)24(27)25-20-11-13-23(14-12-20)31(28,29)26-21-8-4-3-5-9-21/h6-7,10-14,17-18,21,26H,3-5,8-9,15-16H2,1-2H3,(H,25,27). The molecule has 2 aromatic rings. The van der Waals surface area contributed by atoms with Gasteiger partial charge in [0.25, 0.3) is 5.91 Å². The Morgan fingerprint density at radius 1 is 1.06 bits per heavy atom. The highest BCUT2D eigenvalue weighted by molar-refractivity contribution is 7.89. The molecule has 0 radical (unpaired) electrons. The van der Waals surface area contributed by atoms with E-state index in [-0.39, 0.29) is 16.8 Å². The van der Waals surface area contributed by atoms with E-state index < -0.39 is 10.0 Å². The third-order valence-electron chi connectivity index (χ3n) is 5.41. The van der Waals surface area contributed by atoms with Gasteiger partial charge in [-0.2, -0.15) is 0 Å². The van der Waals surface area contributed by atoms with Gasteiger partial charge in [0.2, 0.25) is 10.0 Å². The monoisotopic (exact) mass is 444 g/mol. The maximum atomic E-state index is 12.6. The van der Waals surface area contributed by atoms with Gasteiger partial charge in [0.1, 0.15) is 5.75 Å². The molecule has 6 nitrogen and oxygen atoms in total. The van der Waals surface area contributed by atoms with E-state index in [1.807, 2.05) is 6.07 Å². The third kappa shape index (κ3) is 7.08. The zero-order valence-corrected chi connectivity index (χ0v) is 19.1. The van der Waals surface area contributed by atoms with Crippen molar-refractivity contribution in [2.75, 3.05) is 11.9 Å². The molecule has 3 rings (SSSR count). The van der Waals surface area contributed by atoms with Gasteiger partial charge in [0.15, 0.2) is 0 Å². The van der Waals surface area contributed by atoms with Gasteiger partial charge in [-0.25, -0.2) is 13.1 Å². The molecule has 0 bridgehead atoms. The first-order valence-corrected chi connectivity index (χ1v) is 12.5. The molecule has 0 saturated heterocycles. The van der Waals surface area contributed by atoms with Crippen LogP contribution in [0.25, 0.3) is 0 Å². The molecule has 31 heavy (non-hydrogen) atoms. The summed E-state index contributed by atoms with van der Waals surface area (Å²) in [7, 11) is -3.56. The second-order valence-electron chi connectivity index (χ2n) is 8.49. The minimum absolute atomic E-state index is 0.00756. The lowest BCUT2D eigenvalue weighted by Crippen LogP contribution is -2.36. The van der Waals surface area contributed by atoms with E-state index in [2.05, 4.69) is 23.9 Å². The summed E-state index contributed by atoms with van der Waals surface area (Å²) in [6, 6.07) is 13.3. The van der Waals surface area contributed by atoms with Crippen LogP contribution in [0.1, 0.15) is 62.7 Å². The van der Waals surface area contributed by atoms with Gasteiger partial charge >= 0.3 is 0 Å². The number of carbonyl (C=O) groups excluding carboxylic acids is 1. The summed E-state index contributed by atoms with van der Waals surface area (Å²) in [5.74, 6) is 0.935. The summed E-state index contributed by atoms with van der Waals surface area (Å²) in [4.78, 5) is 12.8. The molecule has 0 spiro atoms. The summed E-state index contributed by atoms with van der Waals surface area (Å²) >= 11 is 0. The average molecular weight is 445 g/mol. The zero-order valence-electron chi connectivity index (χ0n) is 18.3. The second-order valence-corrected chi connectivity index (χ2v) is 10.2. The Kier molecular flexibility index (Phi) is 8.09. The number of benzene rings is 2. The number of carbonyl (C=O) groups is 1.